The minimum absolute atomic E-state index is 0.536. The summed E-state index contributed by atoms with van der Waals surface area (Å²) in [6.45, 7) is 4.68. The van der Waals surface area contributed by atoms with E-state index in [9.17, 15) is 4.79 Å². The summed E-state index contributed by atoms with van der Waals surface area (Å²) in [6, 6.07) is 13.3. The molecular weight excluding hydrogens is 224 g/mol. The summed E-state index contributed by atoms with van der Waals surface area (Å²) in [4.78, 5) is 10.4. The molecule has 0 heterocycles. The molecule has 0 spiro atoms. The molecule has 91 valence electrons. The molecule has 1 radical (unpaired) electrons. The Bertz CT molecular complexity index is 542. The van der Waals surface area contributed by atoms with Crippen molar-refractivity contribution < 1.29 is 9.53 Å². The molecule has 2 aromatic carbocycles. The molecule has 0 amide bonds. The Morgan fingerprint density at radius 3 is 2.44 bits per heavy atom. The van der Waals surface area contributed by atoms with Crippen LogP contribution in [-0.4, -0.2) is 6.29 Å². The third-order valence-corrected chi connectivity index (χ3v) is 2.87. The lowest BCUT2D eigenvalue weighted by Gasteiger charge is -2.09. The van der Waals surface area contributed by atoms with Crippen molar-refractivity contribution in [2.45, 2.75) is 20.5 Å². The Morgan fingerprint density at radius 1 is 1.06 bits per heavy atom. The second-order valence-electron chi connectivity index (χ2n) is 4.35. The van der Waals surface area contributed by atoms with Gasteiger partial charge in [0.1, 0.15) is 12.4 Å². The molecule has 18 heavy (non-hydrogen) atoms. The standard InChI is InChI=1S/C16H15O2/c1-12-3-4-13(2)15(9-12)11-18-16-7-5-14(10-17)6-8-16/h3-9H,11H2,1-2H3. The lowest BCUT2D eigenvalue weighted by atomic mass is 10.1. The van der Waals surface area contributed by atoms with Gasteiger partial charge in [0, 0.05) is 5.56 Å². The third kappa shape index (κ3) is 2.98. The van der Waals surface area contributed by atoms with E-state index in [4.69, 9.17) is 4.74 Å². The minimum Gasteiger partial charge on any atom is -0.489 e. The highest BCUT2D eigenvalue weighted by atomic mass is 16.5. The molecule has 0 atom stereocenters. The molecule has 0 aliphatic carbocycles. The zero-order valence-electron chi connectivity index (χ0n) is 10.6. The van der Waals surface area contributed by atoms with Crippen LogP contribution < -0.4 is 4.74 Å². The summed E-state index contributed by atoms with van der Waals surface area (Å²) in [6.07, 6.45) is 1.84. The molecular formula is C16H15O2. The van der Waals surface area contributed by atoms with E-state index >= 15 is 0 Å². The molecule has 0 saturated heterocycles. The lowest BCUT2D eigenvalue weighted by molar-refractivity contribution is 0.305. The predicted octanol–water partition coefficient (Wildman–Crippen LogP) is 3.34. The van der Waals surface area contributed by atoms with Gasteiger partial charge < -0.3 is 4.74 Å². The first-order valence-corrected chi connectivity index (χ1v) is 5.86. The molecule has 2 aromatic rings. The maximum atomic E-state index is 10.4. The second kappa shape index (κ2) is 5.50. The Balaban J connectivity index is 2.06. The largest absolute Gasteiger partial charge is 0.489 e. The van der Waals surface area contributed by atoms with E-state index in [1.165, 1.54) is 16.7 Å². The molecule has 2 heteroatoms. The number of hydrogen-bond donors (Lipinski definition) is 0. The van der Waals surface area contributed by atoms with E-state index in [0.717, 1.165) is 5.75 Å². The van der Waals surface area contributed by atoms with Crippen LogP contribution in [0.25, 0.3) is 0 Å². The fourth-order valence-corrected chi connectivity index (χ4v) is 1.74. The summed E-state index contributed by atoms with van der Waals surface area (Å²) < 4.78 is 5.70. The normalized spacial score (nSPS) is 10.1. The maximum Gasteiger partial charge on any atom is 0.233 e. The first-order chi connectivity index (χ1) is 8.69. The summed E-state index contributed by atoms with van der Waals surface area (Å²) in [5.41, 5.74) is 4.17. The molecule has 0 N–H and O–H groups in total. The molecule has 0 saturated carbocycles. The van der Waals surface area contributed by atoms with Gasteiger partial charge in [-0.3, -0.25) is 4.79 Å². The first kappa shape index (κ1) is 12.4. The van der Waals surface area contributed by atoms with Crippen LogP contribution in [0.4, 0.5) is 0 Å². The Morgan fingerprint density at radius 2 is 1.78 bits per heavy atom. The van der Waals surface area contributed by atoms with Crippen molar-refractivity contribution >= 4 is 6.29 Å². The van der Waals surface area contributed by atoms with E-state index in [2.05, 4.69) is 32.0 Å². The van der Waals surface area contributed by atoms with Crippen molar-refractivity contribution in [3.63, 3.8) is 0 Å². The highest BCUT2D eigenvalue weighted by molar-refractivity contribution is 5.75. The number of ether oxygens (including phenoxy) is 1. The number of benzene rings is 2. The quantitative estimate of drug-likeness (QED) is 0.818. The van der Waals surface area contributed by atoms with Crippen LogP contribution in [0.15, 0.2) is 42.5 Å². The maximum absolute atomic E-state index is 10.4. The van der Waals surface area contributed by atoms with Crippen molar-refractivity contribution in [1.29, 1.82) is 0 Å². The van der Waals surface area contributed by atoms with Crippen molar-refractivity contribution in [1.82, 2.24) is 0 Å². The minimum atomic E-state index is 0.536. The molecule has 0 unspecified atom stereocenters. The Hall–Kier alpha value is -2.09. The second-order valence-corrected chi connectivity index (χ2v) is 4.35. The molecule has 2 nitrogen and oxygen atoms in total. The number of carbonyl (C=O) groups excluding carboxylic acids is 1. The molecule has 0 fully saturated rings. The van der Waals surface area contributed by atoms with Gasteiger partial charge >= 0.3 is 0 Å². The van der Waals surface area contributed by atoms with Crippen molar-refractivity contribution in [2.24, 2.45) is 0 Å². The fourth-order valence-electron chi connectivity index (χ4n) is 1.74. The van der Waals surface area contributed by atoms with Gasteiger partial charge in [0.05, 0.1) is 0 Å². The molecule has 0 aliphatic rings. The van der Waals surface area contributed by atoms with Crippen LogP contribution in [0.1, 0.15) is 22.3 Å². The number of rotatable bonds is 4. The van der Waals surface area contributed by atoms with Crippen LogP contribution in [0, 0.1) is 13.8 Å². The van der Waals surface area contributed by atoms with Gasteiger partial charge in [-0.15, -0.1) is 0 Å². The third-order valence-electron chi connectivity index (χ3n) is 2.87. The van der Waals surface area contributed by atoms with Gasteiger partial charge in [-0.25, -0.2) is 0 Å². The average molecular weight is 239 g/mol. The van der Waals surface area contributed by atoms with E-state index in [1.54, 1.807) is 24.3 Å². The van der Waals surface area contributed by atoms with E-state index in [0.29, 0.717) is 12.2 Å². The molecule has 0 bridgehead atoms. The van der Waals surface area contributed by atoms with Crippen LogP contribution >= 0.6 is 0 Å². The average Bonchev–Trinajstić information content (AvgIpc) is 2.40. The van der Waals surface area contributed by atoms with E-state index in [-0.39, 0.29) is 0 Å². The zero-order chi connectivity index (χ0) is 13.0. The first-order valence-electron chi connectivity index (χ1n) is 5.86. The highest BCUT2D eigenvalue weighted by Crippen LogP contribution is 2.16. The summed E-state index contributed by atoms with van der Waals surface area (Å²) in [7, 11) is 0. The number of hydrogen-bond acceptors (Lipinski definition) is 2. The predicted molar refractivity (Wildman–Crippen MR) is 71.5 cm³/mol. The summed E-state index contributed by atoms with van der Waals surface area (Å²) in [5.74, 6) is 0.759. The van der Waals surface area contributed by atoms with Crippen molar-refractivity contribution in [2.75, 3.05) is 0 Å². The smallest absolute Gasteiger partial charge is 0.233 e. The lowest BCUT2D eigenvalue weighted by Crippen LogP contribution is -1.98. The summed E-state index contributed by atoms with van der Waals surface area (Å²) in [5, 5.41) is 0. The van der Waals surface area contributed by atoms with E-state index in [1.807, 2.05) is 6.29 Å². The highest BCUT2D eigenvalue weighted by Gasteiger charge is 2.01. The van der Waals surface area contributed by atoms with Gasteiger partial charge in [0.25, 0.3) is 0 Å². The van der Waals surface area contributed by atoms with Gasteiger partial charge in [0.2, 0.25) is 6.29 Å². The van der Waals surface area contributed by atoms with Crippen LogP contribution in [0.3, 0.4) is 0 Å². The van der Waals surface area contributed by atoms with E-state index < -0.39 is 0 Å². The molecule has 0 aromatic heterocycles. The van der Waals surface area contributed by atoms with Gasteiger partial charge in [-0.2, -0.15) is 0 Å². The number of aryl methyl sites for hydroxylation is 2. The van der Waals surface area contributed by atoms with Gasteiger partial charge in [0.15, 0.2) is 0 Å². The Kier molecular flexibility index (Phi) is 3.78. The van der Waals surface area contributed by atoms with Gasteiger partial charge in [-0.05, 0) is 49.2 Å². The topological polar surface area (TPSA) is 26.3 Å². The molecule has 2 rings (SSSR count). The van der Waals surface area contributed by atoms with Crippen molar-refractivity contribution in [3.8, 4) is 5.75 Å². The van der Waals surface area contributed by atoms with Crippen LogP contribution in [-0.2, 0) is 11.4 Å². The van der Waals surface area contributed by atoms with Crippen LogP contribution in [0.2, 0.25) is 0 Å². The fraction of sp³-hybridized carbons (Fsp3) is 0.188. The van der Waals surface area contributed by atoms with Crippen LogP contribution in [0.5, 0.6) is 5.75 Å². The SMILES string of the molecule is Cc1ccc(C)c(COc2ccc([C]=O)cc2)c1. The summed E-state index contributed by atoms with van der Waals surface area (Å²) >= 11 is 0. The van der Waals surface area contributed by atoms with Gasteiger partial charge in [-0.1, -0.05) is 23.8 Å². The van der Waals surface area contributed by atoms with Crippen molar-refractivity contribution in [3.05, 3.63) is 64.7 Å². The monoisotopic (exact) mass is 239 g/mol. The Labute approximate surface area is 107 Å². The zero-order valence-corrected chi connectivity index (χ0v) is 10.6. The molecule has 0 aliphatic heterocycles.